The average molecular weight is 305 g/mol. The summed E-state index contributed by atoms with van der Waals surface area (Å²) in [5, 5.41) is 7.86. The quantitative estimate of drug-likeness (QED) is 0.792. The van der Waals surface area contributed by atoms with E-state index in [0.29, 0.717) is 5.92 Å². The maximum absolute atomic E-state index is 13.5. The molecule has 0 radical (unpaired) electrons. The fourth-order valence-corrected chi connectivity index (χ4v) is 3.06. The second-order valence-corrected chi connectivity index (χ2v) is 7.33. The van der Waals surface area contributed by atoms with Gasteiger partial charge in [-0.05, 0) is 79.6 Å². The van der Waals surface area contributed by atoms with Gasteiger partial charge >= 0.3 is 0 Å². The lowest BCUT2D eigenvalue weighted by molar-refractivity contribution is 0.399. The van der Waals surface area contributed by atoms with Crippen molar-refractivity contribution in [2.75, 3.05) is 6.54 Å². The summed E-state index contributed by atoms with van der Waals surface area (Å²) >= 11 is 1.73. The first-order valence-electron chi connectivity index (χ1n) is 7.45. The number of thiophene rings is 1. The normalized spacial score (nSPS) is 13.3. The van der Waals surface area contributed by atoms with Crippen LogP contribution in [0.1, 0.15) is 44.2 Å². The molecule has 1 aromatic heterocycles. The molecule has 1 aromatic carbocycles. The number of benzene rings is 1. The molecule has 1 heterocycles. The summed E-state index contributed by atoms with van der Waals surface area (Å²) in [5.74, 6) is 0.184. The minimum Gasteiger partial charge on any atom is -0.311 e. The Labute approximate surface area is 131 Å². The molecule has 0 aliphatic rings. The number of rotatable bonds is 6. The smallest absolute Gasteiger partial charge is 0.123 e. The Morgan fingerprint density at radius 3 is 2.67 bits per heavy atom. The monoisotopic (exact) mass is 305 g/mol. The van der Waals surface area contributed by atoms with Gasteiger partial charge in [0, 0.05) is 12.1 Å². The van der Waals surface area contributed by atoms with E-state index in [1.807, 2.05) is 6.07 Å². The highest BCUT2D eigenvalue weighted by molar-refractivity contribution is 7.07. The van der Waals surface area contributed by atoms with Crippen molar-refractivity contribution in [2.24, 2.45) is 0 Å². The maximum atomic E-state index is 13.5. The van der Waals surface area contributed by atoms with E-state index < -0.39 is 0 Å². The first-order chi connectivity index (χ1) is 9.94. The van der Waals surface area contributed by atoms with E-state index in [-0.39, 0.29) is 11.4 Å². The van der Waals surface area contributed by atoms with Crippen LogP contribution >= 0.6 is 11.3 Å². The molecular formula is C18H24FNS. The third-order valence-electron chi connectivity index (χ3n) is 3.56. The molecule has 2 rings (SSSR count). The Balaban J connectivity index is 2.06. The predicted molar refractivity (Wildman–Crippen MR) is 89.5 cm³/mol. The van der Waals surface area contributed by atoms with Crippen LogP contribution in [0.5, 0.6) is 0 Å². The Morgan fingerprint density at radius 2 is 2.05 bits per heavy atom. The molecule has 1 N–H and O–H groups in total. The van der Waals surface area contributed by atoms with Crippen LogP contribution in [0.2, 0.25) is 0 Å². The lowest BCUT2D eigenvalue weighted by Gasteiger charge is -2.25. The van der Waals surface area contributed by atoms with E-state index >= 15 is 0 Å². The highest BCUT2D eigenvalue weighted by atomic mass is 32.1. The number of nitrogens with one attached hydrogen (secondary N) is 1. The topological polar surface area (TPSA) is 12.0 Å². The molecule has 0 saturated carbocycles. The summed E-state index contributed by atoms with van der Waals surface area (Å²) in [6.07, 6.45) is 2.07. The third-order valence-corrected chi connectivity index (χ3v) is 4.29. The van der Waals surface area contributed by atoms with Gasteiger partial charge in [0.25, 0.3) is 0 Å². The summed E-state index contributed by atoms with van der Waals surface area (Å²) in [6, 6.07) is 9.19. The van der Waals surface area contributed by atoms with Crippen LogP contribution in [-0.2, 0) is 6.42 Å². The molecule has 0 fully saturated rings. The van der Waals surface area contributed by atoms with Crippen LogP contribution in [0.4, 0.5) is 4.39 Å². The number of aryl methyl sites for hydroxylation is 1. The third kappa shape index (κ3) is 5.60. The Morgan fingerprint density at radius 1 is 1.24 bits per heavy atom. The highest BCUT2D eigenvalue weighted by Crippen LogP contribution is 2.23. The molecule has 0 bridgehead atoms. The maximum Gasteiger partial charge on any atom is 0.123 e. The van der Waals surface area contributed by atoms with Gasteiger partial charge in [-0.25, -0.2) is 4.39 Å². The second kappa shape index (κ2) is 7.19. The van der Waals surface area contributed by atoms with Crippen molar-refractivity contribution in [2.45, 2.75) is 45.1 Å². The molecule has 21 heavy (non-hydrogen) atoms. The van der Waals surface area contributed by atoms with Gasteiger partial charge in [-0.3, -0.25) is 0 Å². The van der Waals surface area contributed by atoms with E-state index in [1.54, 1.807) is 23.5 Å². The Kier molecular flexibility index (Phi) is 5.54. The molecule has 0 aliphatic carbocycles. The summed E-state index contributed by atoms with van der Waals surface area (Å²) in [7, 11) is 0. The molecule has 2 aromatic rings. The van der Waals surface area contributed by atoms with Crippen LogP contribution in [0.15, 0.2) is 41.1 Å². The van der Waals surface area contributed by atoms with Crippen molar-refractivity contribution < 1.29 is 4.39 Å². The van der Waals surface area contributed by atoms with E-state index in [0.717, 1.165) is 24.9 Å². The molecule has 3 heteroatoms. The molecule has 0 aliphatic heterocycles. The first kappa shape index (κ1) is 16.2. The molecule has 0 amide bonds. The van der Waals surface area contributed by atoms with Gasteiger partial charge in [0.1, 0.15) is 5.82 Å². The predicted octanol–water partition coefficient (Wildman–Crippen LogP) is 4.99. The van der Waals surface area contributed by atoms with Crippen LogP contribution in [0, 0.1) is 5.82 Å². The molecule has 1 nitrogen and oxygen atoms in total. The zero-order chi connectivity index (χ0) is 15.3. The highest BCUT2D eigenvalue weighted by Gasteiger charge is 2.16. The Hall–Kier alpha value is -1.19. The molecule has 0 saturated heterocycles. The summed E-state index contributed by atoms with van der Waals surface area (Å²) in [6.45, 7) is 7.36. The number of hydrogen-bond donors (Lipinski definition) is 1. The molecule has 1 atom stereocenters. The minimum atomic E-state index is -0.149. The molecule has 114 valence electrons. The van der Waals surface area contributed by atoms with Crippen LogP contribution in [0.3, 0.4) is 0 Å². The van der Waals surface area contributed by atoms with Crippen molar-refractivity contribution in [3.05, 3.63) is 58.0 Å². The van der Waals surface area contributed by atoms with Gasteiger partial charge in [0.05, 0.1) is 0 Å². The van der Waals surface area contributed by atoms with Crippen molar-refractivity contribution >= 4 is 11.3 Å². The first-order valence-corrected chi connectivity index (χ1v) is 8.40. The van der Waals surface area contributed by atoms with Crippen LogP contribution < -0.4 is 5.32 Å². The van der Waals surface area contributed by atoms with Crippen LogP contribution in [-0.4, -0.2) is 12.1 Å². The average Bonchev–Trinajstić information content (AvgIpc) is 2.90. The second-order valence-electron chi connectivity index (χ2n) is 6.55. The van der Waals surface area contributed by atoms with Crippen molar-refractivity contribution in [1.29, 1.82) is 0 Å². The molecule has 0 spiro atoms. The van der Waals surface area contributed by atoms with Gasteiger partial charge in [0.2, 0.25) is 0 Å². The standard InChI is InChI=1S/C18H24FNS/c1-18(2,3)20-12-16(8-7-14-9-10-21-13-14)15-5-4-6-17(19)11-15/h4-6,9-11,13,16,20H,7-8,12H2,1-3H3. The van der Waals surface area contributed by atoms with E-state index in [2.05, 4.69) is 42.9 Å². The van der Waals surface area contributed by atoms with Crippen molar-refractivity contribution in [3.8, 4) is 0 Å². The zero-order valence-electron chi connectivity index (χ0n) is 13.0. The number of hydrogen-bond acceptors (Lipinski definition) is 2. The van der Waals surface area contributed by atoms with E-state index in [1.165, 1.54) is 11.6 Å². The van der Waals surface area contributed by atoms with E-state index in [4.69, 9.17) is 0 Å². The Bertz CT molecular complexity index is 543. The van der Waals surface area contributed by atoms with Crippen LogP contribution in [0.25, 0.3) is 0 Å². The van der Waals surface area contributed by atoms with Crippen molar-refractivity contribution in [1.82, 2.24) is 5.32 Å². The van der Waals surface area contributed by atoms with Gasteiger partial charge < -0.3 is 5.32 Å². The molecule has 1 unspecified atom stereocenters. The van der Waals surface area contributed by atoms with E-state index in [9.17, 15) is 4.39 Å². The van der Waals surface area contributed by atoms with Gasteiger partial charge in [-0.2, -0.15) is 11.3 Å². The number of halogens is 1. The SMILES string of the molecule is CC(C)(C)NCC(CCc1ccsc1)c1cccc(F)c1. The largest absolute Gasteiger partial charge is 0.311 e. The summed E-state index contributed by atoms with van der Waals surface area (Å²) in [5.41, 5.74) is 2.53. The minimum absolute atomic E-state index is 0.0773. The van der Waals surface area contributed by atoms with Gasteiger partial charge in [-0.15, -0.1) is 0 Å². The van der Waals surface area contributed by atoms with Gasteiger partial charge in [0.15, 0.2) is 0 Å². The zero-order valence-corrected chi connectivity index (χ0v) is 13.8. The fourth-order valence-electron chi connectivity index (χ4n) is 2.35. The lowest BCUT2D eigenvalue weighted by atomic mass is 9.92. The van der Waals surface area contributed by atoms with Gasteiger partial charge in [-0.1, -0.05) is 12.1 Å². The fraction of sp³-hybridized carbons (Fsp3) is 0.444. The van der Waals surface area contributed by atoms with Crippen molar-refractivity contribution in [3.63, 3.8) is 0 Å². The lowest BCUT2D eigenvalue weighted by Crippen LogP contribution is -2.38. The molecular weight excluding hydrogens is 281 g/mol. The summed E-state index contributed by atoms with van der Waals surface area (Å²) in [4.78, 5) is 0. The summed E-state index contributed by atoms with van der Waals surface area (Å²) < 4.78 is 13.5.